The highest BCUT2D eigenvalue weighted by atomic mass is 19.2. The van der Waals surface area contributed by atoms with Crippen LogP contribution in [0.5, 0.6) is 11.6 Å². The molecule has 3 rings (SSSR count). The molecule has 0 aliphatic carbocycles. The number of pyridine rings is 2. The maximum absolute atomic E-state index is 14.9. The number of aromatic nitrogens is 2. The lowest BCUT2D eigenvalue weighted by atomic mass is 10.1. The van der Waals surface area contributed by atoms with Crippen LogP contribution in [0, 0.1) is 11.6 Å². The minimum atomic E-state index is -1.26. The number of methoxy groups -OCH3 is 2. The van der Waals surface area contributed by atoms with Crippen LogP contribution in [0.3, 0.4) is 0 Å². The number of rotatable bonds is 7. The van der Waals surface area contributed by atoms with Crippen LogP contribution in [-0.4, -0.2) is 35.3 Å². The summed E-state index contributed by atoms with van der Waals surface area (Å²) in [6.45, 7) is 0.0513. The minimum absolute atomic E-state index is 0.0138. The van der Waals surface area contributed by atoms with Gasteiger partial charge in [0.25, 0.3) is 5.88 Å². The minimum Gasteiger partial charge on any atom is -0.489 e. The number of aromatic carboxylic acids is 1. The summed E-state index contributed by atoms with van der Waals surface area (Å²) in [5.74, 6) is -4.76. The molecule has 2 aromatic heterocycles. The first-order valence-corrected chi connectivity index (χ1v) is 8.43. The van der Waals surface area contributed by atoms with Crippen LogP contribution in [0.25, 0.3) is 0 Å². The lowest BCUT2D eigenvalue weighted by Crippen LogP contribution is -2.21. The average Bonchev–Trinajstić information content (AvgIpc) is 2.74. The predicted octanol–water partition coefficient (Wildman–Crippen LogP) is 3.81. The third-order valence-corrected chi connectivity index (χ3v) is 4.11. The van der Waals surface area contributed by atoms with Gasteiger partial charge in [-0.05, 0) is 29.8 Å². The second-order valence-corrected chi connectivity index (χ2v) is 5.91. The zero-order valence-electron chi connectivity index (χ0n) is 15.6. The Morgan fingerprint density at radius 1 is 1.14 bits per heavy atom. The number of carboxylic acid groups (broad SMARTS) is 1. The Morgan fingerprint density at radius 2 is 1.93 bits per heavy atom. The van der Waals surface area contributed by atoms with Gasteiger partial charge in [0.15, 0.2) is 5.82 Å². The monoisotopic (exact) mass is 401 g/mol. The first kappa shape index (κ1) is 20.0. The van der Waals surface area contributed by atoms with Gasteiger partial charge >= 0.3 is 5.97 Å². The molecule has 0 saturated heterocycles. The van der Waals surface area contributed by atoms with Crippen LogP contribution in [0.4, 0.5) is 20.3 Å². The number of nitrogens with zero attached hydrogens (tertiary/aromatic N) is 3. The van der Waals surface area contributed by atoms with E-state index in [1.54, 1.807) is 30.6 Å². The average molecular weight is 401 g/mol. The maximum Gasteiger partial charge on any atom is 0.335 e. The lowest BCUT2D eigenvalue weighted by molar-refractivity contribution is 0.0697. The smallest absolute Gasteiger partial charge is 0.335 e. The van der Waals surface area contributed by atoms with Crippen molar-refractivity contribution < 1.29 is 28.2 Å². The van der Waals surface area contributed by atoms with Crippen LogP contribution in [0.2, 0.25) is 0 Å². The molecule has 29 heavy (non-hydrogen) atoms. The van der Waals surface area contributed by atoms with E-state index in [9.17, 15) is 18.7 Å². The fraction of sp³-hybridized carbons (Fsp3) is 0.150. The molecule has 7 nitrogen and oxygen atoms in total. The molecule has 0 spiro atoms. The number of carboxylic acids is 1. The largest absolute Gasteiger partial charge is 0.489 e. The maximum atomic E-state index is 14.9. The molecule has 0 unspecified atom stereocenters. The van der Waals surface area contributed by atoms with Gasteiger partial charge in [0.2, 0.25) is 17.4 Å². The van der Waals surface area contributed by atoms with E-state index < -0.39 is 23.4 Å². The predicted molar refractivity (Wildman–Crippen MR) is 101 cm³/mol. The third kappa shape index (κ3) is 4.08. The quantitative estimate of drug-likeness (QED) is 0.644. The van der Waals surface area contributed by atoms with Crippen LogP contribution < -0.4 is 14.4 Å². The molecule has 3 aromatic rings. The second kappa shape index (κ2) is 8.51. The molecule has 2 heterocycles. The first-order valence-electron chi connectivity index (χ1n) is 8.43. The number of hydrogen-bond acceptors (Lipinski definition) is 6. The molecular formula is C20H17F2N3O4. The Bertz CT molecular complexity index is 1030. The molecule has 1 N–H and O–H groups in total. The summed E-state index contributed by atoms with van der Waals surface area (Å²) in [7, 11) is 2.42. The second-order valence-electron chi connectivity index (χ2n) is 5.91. The molecule has 0 bridgehead atoms. The lowest BCUT2D eigenvalue weighted by Gasteiger charge is -2.25. The van der Waals surface area contributed by atoms with Crippen LogP contribution in [0.1, 0.15) is 15.9 Å². The summed E-state index contributed by atoms with van der Waals surface area (Å²) in [6, 6.07) is 9.25. The number of halogens is 2. The van der Waals surface area contributed by atoms with Crippen LogP contribution in [0.15, 0.2) is 48.8 Å². The normalized spacial score (nSPS) is 10.5. The molecule has 0 radical (unpaired) electrons. The highest BCUT2D eigenvalue weighted by Crippen LogP contribution is 2.37. The molecule has 9 heteroatoms. The van der Waals surface area contributed by atoms with E-state index >= 15 is 0 Å². The van der Waals surface area contributed by atoms with E-state index in [1.807, 2.05) is 0 Å². The Hall–Kier alpha value is -3.75. The summed E-state index contributed by atoms with van der Waals surface area (Å²) in [6.07, 6.45) is 3.14. The number of hydrogen-bond donors (Lipinski definition) is 1. The molecule has 0 aliphatic heterocycles. The summed E-state index contributed by atoms with van der Waals surface area (Å²) in [4.78, 5) is 20.8. The Balaban J connectivity index is 2.19. The van der Waals surface area contributed by atoms with Crippen molar-refractivity contribution in [1.82, 2.24) is 9.97 Å². The Labute approximate surface area is 165 Å². The van der Waals surface area contributed by atoms with Gasteiger partial charge in [-0.2, -0.15) is 13.8 Å². The van der Waals surface area contributed by atoms with Crippen molar-refractivity contribution >= 4 is 17.5 Å². The fourth-order valence-electron chi connectivity index (χ4n) is 2.75. The number of carbonyl (C=O) groups is 1. The summed E-state index contributed by atoms with van der Waals surface area (Å²) < 4.78 is 39.4. The van der Waals surface area contributed by atoms with Crippen molar-refractivity contribution in [2.24, 2.45) is 0 Å². The van der Waals surface area contributed by atoms with Gasteiger partial charge in [-0.15, -0.1) is 0 Å². The van der Waals surface area contributed by atoms with E-state index in [-0.39, 0.29) is 23.8 Å². The van der Waals surface area contributed by atoms with Crippen molar-refractivity contribution in [3.8, 4) is 11.6 Å². The van der Waals surface area contributed by atoms with Gasteiger partial charge in [-0.25, -0.2) is 4.79 Å². The van der Waals surface area contributed by atoms with Crippen LogP contribution in [-0.2, 0) is 6.54 Å². The van der Waals surface area contributed by atoms with E-state index in [1.165, 1.54) is 37.3 Å². The molecule has 150 valence electrons. The number of ether oxygens (including phenoxy) is 2. The van der Waals surface area contributed by atoms with Crippen LogP contribution >= 0.6 is 0 Å². The molecule has 0 fully saturated rings. The SMILES string of the molecule is COc1nc(N(Cc2cccnc2)c2cccc(C(=O)O)c2)c(F)c(F)c1OC. The zero-order chi connectivity index (χ0) is 21.0. The van der Waals surface area contributed by atoms with E-state index in [0.29, 0.717) is 11.3 Å². The van der Waals surface area contributed by atoms with Gasteiger partial charge in [0, 0.05) is 18.1 Å². The van der Waals surface area contributed by atoms with Gasteiger partial charge in [0.1, 0.15) is 0 Å². The van der Waals surface area contributed by atoms with Gasteiger partial charge < -0.3 is 19.5 Å². The van der Waals surface area contributed by atoms with E-state index in [0.717, 1.165) is 0 Å². The van der Waals surface area contributed by atoms with Crippen molar-refractivity contribution in [3.63, 3.8) is 0 Å². The molecular weight excluding hydrogens is 384 g/mol. The van der Waals surface area contributed by atoms with Gasteiger partial charge in [0.05, 0.1) is 26.3 Å². The Morgan fingerprint density at radius 3 is 2.55 bits per heavy atom. The fourth-order valence-corrected chi connectivity index (χ4v) is 2.75. The van der Waals surface area contributed by atoms with Crippen molar-refractivity contribution in [1.29, 1.82) is 0 Å². The van der Waals surface area contributed by atoms with Crippen molar-refractivity contribution in [3.05, 3.63) is 71.6 Å². The summed E-state index contributed by atoms with van der Waals surface area (Å²) in [5.41, 5.74) is 0.955. The standard InChI is InChI=1S/C20H17F2N3O4/c1-28-17-15(21)16(22)18(24-19(17)29-2)25(11-12-5-4-8-23-10-12)14-7-3-6-13(9-14)20(26)27/h3-10H,11H2,1-2H3,(H,26,27). The first-order chi connectivity index (χ1) is 14.0. The molecule has 0 aliphatic rings. The third-order valence-electron chi connectivity index (χ3n) is 4.11. The summed E-state index contributed by atoms with van der Waals surface area (Å²) >= 11 is 0. The van der Waals surface area contributed by atoms with Crippen molar-refractivity contribution in [2.45, 2.75) is 6.54 Å². The van der Waals surface area contributed by atoms with Gasteiger partial charge in [-0.1, -0.05) is 12.1 Å². The van der Waals surface area contributed by atoms with E-state index in [2.05, 4.69) is 9.97 Å². The highest BCUT2D eigenvalue weighted by Gasteiger charge is 2.26. The number of anilines is 2. The summed E-state index contributed by atoms with van der Waals surface area (Å²) in [5, 5.41) is 9.29. The van der Waals surface area contributed by atoms with Crippen molar-refractivity contribution in [2.75, 3.05) is 19.1 Å². The zero-order valence-corrected chi connectivity index (χ0v) is 15.6. The molecule has 0 atom stereocenters. The Kier molecular flexibility index (Phi) is 5.87. The molecule has 0 amide bonds. The van der Waals surface area contributed by atoms with Gasteiger partial charge in [-0.3, -0.25) is 4.98 Å². The number of benzene rings is 1. The molecule has 0 saturated carbocycles. The topological polar surface area (TPSA) is 84.8 Å². The highest BCUT2D eigenvalue weighted by molar-refractivity contribution is 5.89. The van der Waals surface area contributed by atoms with E-state index in [4.69, 9.17) is 9.47 Å². The molecule has 1 aromatic carbocycles.